The van der Waals surface area contributed by atoms with Gasteiger partial charge in [-0.1, -0.05) is 29.3 Å². The van der Waals surface area contributed by atoms with Crippen LogP contribution in [-0.4, -0.2) is 26.5 Å². The second-order valence-corrected chi connectivity index (χ2v) is 7.10. The van der Waals surface area contributed by atoms with Crippen molar-refractivity contribution < 1.29 is 18.1 Å². The van der Waals surface area contributed by atoms with Crippen molar-refractivity contribution in [1.29, 1.82) is 0 Å². The van der Waals surface area contributed by atoms with E-state index < -0.39 is 20.6 Å². The van der Waals surface area contributed by atoms with Crippen LogP contribution in [0.2, 0.25) is 5.02 Å². The van der Waals surface area contributed by atoms with Crippen molar-refractivity contribution in [3.63, 3.8) is 0 Å². The van der Waals surface area contributed by atoms with E-state index in [9.17, 15) is 18.5 Å². The Balaban J connectivity index is 1.97. The van der Waals surface area contributed by atoms with Crippen molar-refractivity contribution in [2.45, 2.75) is 11.8 Å². The SMILES string of the molecule is Cc1ccc(OCCNS(=O)(=O)c2ccc(Cl)c([N+](=O)[O-])c2)cc1. The zero-order chi connectivity index (χ0) is 17.7. The van der Waals surface area contributed by atoms with E-state index in [-0.39, 0.29) is 23.1 Å². The molecule has 2 aromatic carbocycles. The fourth-order valence-corrected chi connectivity index (χ4v) is 3.08. The highest BCUT2D eigenvalue weighted by molar-refractivity contribution is 7.89. The number of benzene rings is 2. The van der Waals surface area contributed by atoms with Gasteiger partial charge in [0.15, 0.2) is 0 Å². The van der Waals surface area contributed by atoms with E-state index in [1.807, 2.05) is 19.1 Å². The number of hydrogen-bond donors (Lipinski definition) is 1. The maximum atomic E-state index is 12.1. The number of aryl methyl sites for hydroxylation is 1. The standard InChI is InChI=1S/C15H15ClN2O5S/c1-11-2-4-12(5-3-11)23-9-8-17-24(21,22)13-6-7-14(16)15(10-13)18(19)20/h2-7,10,17H,8-9H2,1H3. The Morgan fingerprint density at radius 1 is 1.21 bits per heavy atom. The van der Waals surface area contributed by atoms with Gasteiger partial charge >= 0.3 is 0 Å². The van der Waals surface area contributed by atoms with Crippen molar-refractivity contribution in [3.05, 3.63) is 63.2 Å². The number of ether oxygens (including phenoxy) is 1. The molecule has 2 rings (SSSR count). The number of nitro benzene ring substituents is 1. The van der Waals surface area contributed by atoms with Crippen LogP contribution in [0, 0.1) is 17.0 Å². The molecular weight excluding hydrogens is 356 g/mol. The van der Waals surface area contributed by atoms with Gasteiger partial charge in [-0.2, -0.15) is 0 Å². The molecule has 0 aromatic heterocycles. The first kappa shape index (κ1) is 18.2. The number of nitrogens with one attached hydrogen (secondary N) is 1. The molecule has 0 aliphatic rings. The molecule has 0 aliphatic heterocycles. The van der Waals surface area contributed by atoms with Crippen LogP contribution in [0.5, 0.6) is 5.75 Å². The Bertz CT molecular complexity index is 837. The maximum Gasteiger partial charge on any atom is 0.289 e. The number of hydrogen-bond acceptors (Lipinski definition) is 5. The third kappa shape index (κ3) is 4.67. The van der Waals surface area contributed by atoms with Gasteiger partial charge in [0.25, 0.3) is 5.69 Å². The molecule has 7 nitrogen and oxygen atoms in total. The lowest BCUT2D eigenvalue weighted by molar-refractivity contribution is -0.384. The lowest BCUT2D eigenvalue weighted by Crippen LogP contribution is -2.28. The van der Waals surface area contributed by atoms with E-state index in [0.717, 1.165) is 11.6 Å². The van der Waals surface area contributed by atoms with E-state index >= 15 is 0 Å². The summed E-state index contributed by atoms with van der Waals surface area (Å²) in [4.78, 5) is 9.87. The Kier molecular flexibility index (Phi) is 5.76. The fraction of sp³-hybridized carbons (Fsp3) is 0.200. The van der Waals surface area contributed by atoms with Crippen LogP contribution in [0.15, 0.2) is 47.4 Å². The highest BCUT2D eigenvalue weighted by atomic mass is 35.5. The van der Waals surface area contributed by atoms with Crippen LogP contribution in [0.1, 0.15) is 5.56 Å². The van der Waals surface area contributed by atoms with E-state index in [4.69, 9.17) is 16.3 Å². The topological polar surface area (TPSA) is 98.5 Å². The minimum Gasteiger partial charge on any atom is -0.492 e. The highest BCUT2D eigenvalue weighted by Crippen LogP contribution is 2.26. The monoisotopic (exact) mass is 370 g/mol. The molecule has 0 unspecified atom stereocenters. The Labute approximate surface area is 144 Å². The lowest BCUT2D eigenvalue weighted by atomic mass is 10.2. The molecule has 0 fully saturated rings. The van der Waals surface area contributed by atoms with E-state index in [0.29, 0.717) is 5.75 Å². The first-order chi connectivity index (χ1) is 11.3. The molecule has 9 heteroatoms. The summed E-state index contributed by atoms with van der Waals surface area (Å²) in [5.41, 5.74) is 0.628. The molecule has 0 saturated carbocycles. The molecule has 2 aromatic rings. The Morgan fingerprint density at radius 2 is 1.88 bits per heavy atom. The zero-order valence-corrected chi connectivity index (χ0v) is 14.3. The quantitative estimate of drug-likeness (QED) is 0.459. The van der Waals surface area contributed by atoms with Gasteiger partial charge in [0.2, 0.25) is 10.0 Å². The van der Waals surface area contributed by atoms with Gasteiger partial charge in [-0.05, 0) is 31.2 Å². The molecule has 0 saturated heterocycles. The van der Waals surface area contributed by atoms with Gasteiger partial charge in [-0.15, -0.1) is 0 Å². The molecule has 0 atom stereocenters. The molecule has 0 spiro atoms. The van der Waals surface area contributed by atoms with Gasteiger partial charge in [0, 0.05) is 12.6 Å². The van der Waals surface area contributed by atoms with Crippen molar-refractivity contribution in [3.8, 4) is 5.75 Å². The molecule has 24 heavy (non-hydrogen) atoms. The average molecular weight is 371 g/mol. The molecular formula is C15H15ClN2O5S. The van der Waals surface area contributed by atoms with Gasteiger partial charge in [-0.25, -0.2) is 13.1 Å². The molecule has 1 N–H and O–H groups in total. The summed E-state index contributed by atoms with van der Waals surface area (Å²) < 4.78 is 32.0. The summed E-state index contributed by atoms with van der Waals surface area (Å²) >= 11 is 5.67. The van der Waals surface area contributed by atoms with Crippen LogP contribution in [0.25, 0.3) is 0 Å². The normalized spacial score (nSPS) is 11.2. The summed E-state index contributed by atoms with van der Waals surface area (Å²) in [6.45, 7) is 2.09. The number of nitro groups is 1. The van der Waals surface area contributed by atoms with Crippen molar-refractivity contribution in [1.82, 2.24) is 4.72 Å². The second kappa shape index (κ2) is 7.61. The van der Waals surface area contributed by atoms with Gasteiger partial charge in [0.05, 0.1) is 9.82 Å². The number of sulfonamides is 1. The average Bonchev–Trinajstić information content (AvgIpc) is 2.53. The highest BCUT2D eigenvalue weighted by Gasteiger charge is 2.20. The van der Waals surface area contributed by atoms with Crippen LogP contribution in [0.4, 0.5) is 5.69 Å². The Morgan fingerprint density at radius 3 is 2.50 bits per heavy atom. The third-order valence-electron chi connectivity index (χ3n) is 3.11. The van der Waals surface area contributed by atoms with E-state index in [1.165, 1.54) is 12.1 Å². The summed E-state index contributed by atoms with van der Waals surface area (Å²) in [5.74, 6) is 0.627. The lowest BCUT2D eigenvalue weighted by Gasteiger charge is -2.09. The Hall–Kier alpha value is -2.16. The number of halogens is 1. The first-order valence-electron chi connectivity index (χ1n) is 6.93. The molecule has 0 amide bonds. The third-order valence-corrected chi connectivity index (χ3v) is 4.89. The predicted molar refractivity (Wildman–Crippen MR) is 90.0 cm³/mol. The molecule has 128 valence electrons. The van der Waals surface area contributed by atoms with Crippen molar-refractivity contribution in [2.75, 3.05) is 13.2 Å². The smallest absolute Gasteiger partial charge is 0.289 e. The van der Waals surface area contributed by atoms with E-state index in [2.05, 4.69) is 4.72 Å². The maximum absolute atomic E-state index is 12.1. The van der Waals surface area contributed by atoms with Crippen LogP contribution >= 0.6 is 11.6 Å². The van der Waals surface area contributed by atoms with Gasteiger partial charge < -0.3 is 4.74 Å². The minimum absolute atomic E-state index is 0.0205. The molecule has 0 aliphatic carbocycles. The fourth-order valence-electron chi connectivity index (χ4n) is 1.86. The van der Waals surface area contributed by atoms with Crippen molar-refractivity contribution in [2.24, 2.45) is 0 Å². The van der Waals surface area contributed by atoms with Crippen LogP contribution < -0.4 is 9.46 Å². The minimum atomic E-state index is -3.89. The number of nitrogens with zero attached hydrogens (tertiary/aromatic N) is 1. The van der Waals surface area contributed by atoms with Crippen molar-refractivity contribution >= 4 is 27.3 Å². The zero-order valence-electron chi connectivity index (χ0n) is 12.7. The summed E-state index contributed by atoms with van der Waals surface area (Å²) in [6, 6.07) is 10.6. The van der Waals surface area contributed by atoms with Crippen LogP contribution in [0.3, 0.4) is 0 Å². The van der Waals surface area contributed by atoms with Gasteiger partial charge in [0.1, 0.15) is 17.4 Å². The molecule has 0 heterocycles. The summed E-state index contributed by atoms with van der Waals surface area (Å²) in [5, 5.41) is 10.7. The van der Waals surface area contributed by atoms with Crippen LogP contribution in [-0.2, 0) is 10.0 Å². The largest absolute Gasteiger partial charge is 0.492 e. The summed E-state index contributed by atoms with van der Waals surface area (Å²) in [6.07, 6.45) is 0. The number of rotatable bonds is 7. The second-order valence-electron chi connectivity index (χ2n) is 4.93. The predicted octanol–water partition coefficient (Wildman–Crippen LogP) is 2.91. The molecule has 0 bridgehead atoms. The van der Waals surface area contributed by atoms with E-state index in [1.54, 1.807) is 12.1 Å². The molecule has 0 radical (unpaired) electrons. The summed E-state index contributed by atoms with van der Waals surface area (Å²) in [7, 11) is -3.89. The first-order valence-corrected chi connectivity index (χ1v) is 8.79. The van der Waals surface area contributed by atoms with Gasteiger partial charge in [-0.3, -0.25) is 10.1 Å².